The molecule has 0 heterocycles. The number of ketones is 2. The van der Waals surface area contributed by atoms with Crippen LogP contribution in [-0.4, -0.2) is 31.3 Å². The zero-order chi connectivity index (χ0) is 17.4. The number of benzene rings is 1. The topological polar surface area (TPSA) is 88.5 Å². The molecule has 0 atom stereocenters. The second-order valence-corrected chi connectivity index (χ2v) is 7.82. The number of carbonyl (C=O) groups excluding carboxylic acids is 2. The highest BCUT2D eigenvalue weighted by Gasteiger charge is 2.29. The molecule has 7 heteroatoms. The Hall–Kier alpha value is -1.66. The Morgan fingerprint density at radius 1 is 1.22 bits per heavy atom. The minimum absolute atomic E-state index is 0.0478. The van der Waals surface area contributed by atoms with Gasteiger partial charge in [-0.2, -0.15) is 0 Å². The maximum Gasteiger partial charge on any atom is 0.175 e. The van der Waals surface area contributed by atoms with E-state index < -0.39 is 27.2 Å². The van der Waals surface area contributed by atoms with Crippen molar-refractivity contribution in [3.05, 3.63) is 33.9 Å². The molecule has 1 aromatic carbocycles. The number of hydrogen-bond acceptors (Lipinski definition) is 5. The molecule has 1 saturated carbocycles. The molecule has 0 unspecified atom stereocenters. The Kier molecular flexibility index (Phi) is 4.96. The lowest BCUT2D eigenvalue weighted by Crippen LogP contribution is -2.20. The molecule has 0 aliphatic heterocycles. The molecule has 0 bridgehead atoms. The van der Waals surface area contributed by atoms with Crippen molar-refractivity contribution < 1.29 is 23.1 Å². The van der Waals surface area contributed by atoms with E-state index in [1.165, 1.54) is 12.1 Å². The van der Waals surface area contributed by atoms with Gasteiger partial charge in [0.15, 0.2) is 21.4 Å². The van der Waals surface area contributed by atoms with Crippen molar-refractivity contribution >= 4 is 38.8 Å². The van der Waals surface area contributed by atoms with E-state index in [0.29, 0.717) is 18.4 Å². The minimum atomic E-state index is -3.47. The molecule has 1 fully saturated rings. The fraction of sp³-hybridized carbons (Fsp3) is 0.375. The fourth-order valence-electron chi connectivity index (χ4n) is 2.68. The summed E-state index contributed by atoms with van der Waals surface area (Å²) in [6, 6.07) is 2.67. The highest BCUT2D eigenvalue weighted by atomic mass is 35.5. The van der Waals surface area contributed by atoms with Gasteiger partial charge in [-0.25, -0.2) is 8.42 Å². The number of allylic oxidation sites excluding steroid dienone is 1. The molecule has 1 aliphatic rings. The third kappa shape index (κ3) is 3.33. The average molecular weight is 357 g/mol. The van der Waals surface area contributed by atoms with Gasteiger partial charge < -0.3 is 5.11 Å². The quantitative estimate of drug-likeness (QED) is 0.511. The Morgan fingerprint density at radius 3 is 2.26 bits per heavy atom. The van der Waals surface area contributed by atoms with Crippen LogP contribution in [0.3, 0.4) is 0 Å². The van der Waals surface area contributed by atoms with Gasteiger partial charge >= 0.3 is 0 Å². The van der Waals surface area contributed by atoms with Gasteiger partial charge in [0.05, 0.1) is 9.92 Å². The van der Waals surface area contributed by atoms with E-state index in [4.69, 9.17) is 11.6 Å². The van der Waals surface area contributed by atoms with Crippen molar-refractivity contribution in [2.75, 3.05) is 6.26 Å². The molecule has 0 aromatic heterocycles. The number of halogens is 1. The smallest absolute Gasteiger partial charge is 0.175 e. The molecule has 0 saturated heterocycles. The summed E-state index contributed by atoms with van der Waals surface area (Å²) in [5, 5.41) is 10.4. The minimum Gasteiger partial charge on any atom is -0.506 e. The number of sulfone groups is 1. The molecular weight excluding hydrogens is 340 g/mol. The first kappa shape index (κ1) is 17.7. The third-order valence-electron chi connectivity index (χ3n) is 3.81. The first-order valence-electron chi connectivity index (χ1n) is 7.19. The molecule has 124 valence electrons. The fourth-order valence-corrected chi connectivity index (χ4v) is 4.13. The highest BCUT2D eigenvalue weighted by Crippen LogP contribution is 2.34. The number of aliphatic hydroxyl groups is 1. The summed E-state index contributed by atoms with van der Waals surface area (Å²) in [6.07, 6.45) is 2.27. The van der Waals surface area contributed by atoms with Gasteiger partial charge in [-0.05, 0) is 30.5 Å². The van der Waals surface area contributed by atoms with Gasteiger partial charge in [-0.1, -0.05) is 18.5 Å². The number of aliphatic hydroxyl groups excluding tert-OH is 1. The van der Waals surface area contributed by atoms with E-state index in [-0.39, 0.29) is 33.9 Å². The molecule has 5 nitrogen and oxygen atoms in total. The van der Waals surface area contributed by atoms with Crippen LogP contribution in [0.5, 0.6) is 0 Å². The van der Waals surface area contributed by atoms with Gasteiger partial charge in [0, 0.05) is 24.7 Å². The third-order valence-corrected chi connectivity index (χ3v) is 5.42. The number of rotatable bonds is 3. The molecule has 1 aromatic rings. The number of Topliss-reactive ketones (excluding diaryl/α,β-unsaturated/α-hetero) is 2. The van der Waals surface area contributed by atoms with Gasteiger partial charge in [-0.15, -0.1) is 0 Å². The Morgan fingerprint density at radius 2 is 1.78 bits per heavy atom. The van der Waals surface area contributed by atoms with Crippen LogP contribution >= 0.6 is 11.6 Å². The summed E-state index contributed by atoms with van der Waals surface area (Å²) < 4.78 is 23.6. The van der Waals surface area contributed by atoms with E-state index in [0.717, 1.165) is 6.26 Å². The molecule has 1 N–H and O–H groups in total. The normalized spacial score (nSPS) is 15.9. The molecule has 0 radical (unpaired) electrons. The van der Waals surface area contributed by atoms with Crippen molar-refractivity contribution in [2.24, 2.45) is 0 Å². The number of hydrogen-bond donors (Lipinski definition) is 1. The molecule has 0 spiro atoms. The van der Waals surface area contributed by atoms with Gasteiger partial charge in [0.2, 0.25) is 0 Å². The summed E-state index contributed by atoms with van der Waals surface area (Å²) in [5.41, 5.74) is 0.219. The van der Waals surface area contributed by atoms with Gasteiger partial charge in [0.25, 0.3) is 0 Å². The van der Waals surface area contributed by atoms with Crippen LogP contribution in [0.25, 0.3) is 5.76 Å². The SMILES string of the molecule is CCc1c(S(C)(=O)=O)ccc(C(O)=C2C(=O)CCCC2=O)c1Cl. The molecule has 23 heavy (non-hydrogen) atoms. The van der Waals surface area contributed by atoms with Crippen LogP contribution < -0.4 is 0 Å². The molecule has 1 aliphatic carbocycles. The van der Waals surface area contributed by atoms with Crippen molar-refractivity contribution in [1.82, 2.24) is 0 Å². The van der Waals surface area contributed by atoms with E-state index in [9.17, 15) is 23.1 Å². The standard InChI is InChI=1S/C16H17ClO5S/c1-3-9-13(23(2,21)22)8-7-10(15(9)17)16(20)14-11(18)5-4-6-12(14)19/h7-8,20H,3-6H2,1-2H3. The summed E-state index contributed by atoms with van der Waals surface area (Å²) >= 11 is 6.25. The molecule has 0 amide bonds. The van der Waals surface area contributed by atoms with Crippen molar-refractivity contribution in [3.63, 3.8) is 0 Å². The predicted molar refractivity (Wildman–Crippen MR) is 87.4 cm³/mol. The second-order valence-electron chi connectivity index (χ2n) is 5.45. The van der Waals surface area contributed by atoms with Crippen LogP contribution in [0.4, 0.5) is 0 Å². The predicted octanol–water partition coefficient (Wildman–Crippen LogP) is 2.90. The van der Waals surface area contributed by atoms with Crippen LogP contribution in [0.2, 0.25) is 5.02 Å². The van der Waals surface area contributed by atoms with Crippen LogP contribution in [0.15, 0.2) is 22.6 Å². The van der Waals surface area contributed by atoms with E-state index in [1.54, 1.807) is 6.92 Å². The largest absolute Gasteiger partial charge is 0.506 e. The lowest BCUT2D eigenvalue weighted by atomic mass is 9.89. The Balaban J connectivity index is 2.70. The zero-order valence-corrected chi connectivity index (χ0v) is 14.4. The summed E-state index contributed by atoms with van der Waals surface area (Å²) in [4.78, 5) is 23.9. The Labute approximate surface area is 139 Å². The lowest BCUT2D eigenvalue weighted by Gasteiger charge is -2.16. The van der Waals surface area contributed by atoms with Crippen LogP contribution in [0, 0.1) is 0 Å². The van der Waals surface area contributed by atoms with E-state index >= 15 is 0 Å². The summed E-state index contributed by atoms with van der Waals surface area (Å²) in [7, 11) is -3.47. The monoisotopic (exact) mass is 356 g/mol. The van der Waals surface area contributed by atoms with E-state index in [2.05, 4.69) is 0 Å². The first-order valence-corrected chi connectivity index (χ1v) is 9.46. The van der Waals surface area contributed by atoms with Gasteiger partial charge in [-0.3, -0.25) is 9.59 Å². The highest BCUT2D eigenvalue weighted by molar-refractivity contribution is 7.90. The van der Waals surface area contributed by atoms with Crippen molar-refractivity contribution in [1.29, 1.82) is 0 Å². The second kappa shape index (κ2) is 6.45. The van der Waals surface area contributed by atoms with E-state index in [1.807, 2.05) is 0 Å². The van der Waals surface area contributed by atoms with Crippen molar-refractivity contribution in [3.8, 4) is 0 Å². The van der Waals surface area contributed by atoms with Crippen LogP contribution in [0.1, 0.15) is 37.3 Å². The summed E-state index contributed by atoms with van der Waals surface area (Å²) in [6.45, 7) is 1.74. The summed E-state index contributed by atoms with van der Waals surface area (Å²) in [5.74, 6) is -1.31. The maximum absolute atomic E-state index is 11.9. The maximum atomic E-state index is 11.9. The zero-order valence-electron chi connectivity index (χ0n) is 12.8. The van der Waals surface area contributed by atoms with Gasteiger partial charge in [0.1, 0.15) is 11.3 Å². The van der Waals surface area contributed by atoms with Crippen molar-refractivity contribution in [2.45, 2.75) is 37.5 Å². The lowest BCUT2D eigenvalue weighted by molar-refractivity contribution is -0.123. The molecular formula is C16H17ClO5S. The average Bonchev–Trinajstić information content (AvgIpc) is 2.45. The first-order chi connectivity index (χ1) is 10.7. The molecule has 2 rings (SSSR count). The van der Waals surface area contributed by atoms with Crippen LogP contribution in [-0.2, 0) is 25.8 Å². The number of carbonyl (C=O) groups is 2. The Bertz CT molecular complexity index is 803.